The molecule has 0 bridgehead atoms. The Labute approximate surface area is 116 Å². The molecule has 0 atom stereocenters. The predicted octanol–water partition coefficient (Wildman–Crippen LogP) is 0.341. The molecular formula is C10H9N7O2S. The van der Waals surface area contributed by atoms with Crippen molar-refractivity contribution in [2.45, 2.75) is 10.1 Å². The van der Waals surface area contributed by atoms with Gasteiger partial charge in [0.05, 0.1) is 17.1 Å². The molecule has 3 aromatic rings. The lowest BCUT2D eigenvalue weighted by molar-refractivity contribution is 0.0693. The Morgan fingerprint density at radius 2 is 2.10 bits per heavy atom. The van der Waals surface area contributed by atoms with Gasteiger partial charge in [-0.3, -0.25) is 4.68 Å². The molecule has 3 heterocycles. The van der Waals surface area contributed by atoms with Gasteiger partial charge in [0.2, 0.25) is 5.16 Å². The Morgan fingerprint density at radius 3 is 2.75 bits per heavy atom. The lowest BCUT2D eigenvalue weighted by Crippen LogP contribution is -2.02. The third kappa shape index (κ3) is 1.90. The number of carboxylic acids is 1. The fraction of sp³-hybridized carbons (Fsp3) is 0.200. The number of pyridine rings is 1. The van der Waals surface area contributed by atoms with Crippen LogP contribution in [0.5, 0.6) is 0 Å². The number of aryl methyl sites for hydroxylation is 2. The van der Waals surface area contributed by atoms with Gasteiger partial charge in [0.15, 0.2) is 5.65 Å². The van der Waals surface area contributed by atoms with Crippen LogP contribution < -0.4 is 0 Å². The molecule has 0 spiro atoms. The maximum atomic E-state index is 11.3. The van der Waals surface area contributed by atoms with E-state index in [0.29, 0.717) is 21.1 Å². The second kappa shape index (κ2) is 4.56. The molecule has 102 valence electrons. The molecule has 0 aromatic carbocycles. The molecule has 20 heavy (non-hydrogen) atoms. The highest BCUT2D eigenvalue weighted by Crippen LogP contribution is 2.33. The zero-order chi connectivity index (χ0) is 14.3. The van der Waals surface area contributed by atoms with Crippen molar-refractivity contribution in [1.29, 1.82) is 0 Å². The monoisotopic (exact) mass is 291 g/mol. The van der Waals surface area contributed by atoms with E-state index in [2.05, 4.69) is 25.6 Å². The highest BCUT2D eigenvalue weighted by molar-refractivity contribution is 7.99. The van der Waals surface area contributed by atoms with E-state index in [9.17, 15) is 9.90 Å². The van der Waals surface area contributed by atoms with Crippen molar-refractivity contribution < 1.29 is 9.90 Å². The molecule has 1 N–H and O–H groups in total. The quantitative estimate of drug-likeness (QED) is 0.735. The van der Waals surface area contributed by atoms with Crippen LogP contribution in [0.15, 0.2) is 22.4 Å². The molecule has 0 saturated heterocycles. The summed E-state index contributed by atoms with van der Waals surface area (Å²) >= 11 is 1.17. The number of fused-ring (bicyclic) bond motifs is 1. The largest absolute Gasteiger partial charge is 0.478 e. The Kier molecular flexibility index (Phi) is 2.86. The van der Waals surface area contributed by atoms with Crippen molar-refractivity contribution in [2.75, 3.05) is 0 Å². The van der Waals surface area contributed by atoms with Crippen molar-refractivity contribution >= 4 is 28.8 Å². The van der Waals surface area contributed by atoms with E-state index in [1.807, 2.05) is 0 Å². The van der Waals surface area contributed by atoms with Crippen LogP contribution >= 0.6 is 11.8 Å². The van der Waals surface area contributed by atoms with E-state index in [1.54, 1.807) is 25.0 Å². The minimum absolute atomic E-state index is 0.0958. The van der Waals surface area contributed by atoms with E-state index in [0.717, 1.165) is 0 Å². The molecular weight excluding hydrogens is 282 g/mol. The summed E-state index contributed by atoms with van der Waals surface area (Å²) < 4.78 is 3.05. The summed E-state index contributed by atoms with van der Waals surface area (Å²) in [5.74, 6) is -1.05. The average Bonchev–Trinajstić information content (AvgIpc) is 2.97. The molecule has 3 aromatic heterocycles. The third-order valence-electron chi connectivity index (χ3n) is 2.72. The maximum Gasteiger partial charge on any atom is 0.338 e. The lowest BCUT2D eigenvalue weighted by atomic mass is 10.2. The number of carbonyl (C=O) groups is 1. The summed E-state index contributed by atoms with van der Waals surface area (Å²) in [5.41, 5.74) is 0.700. The normalized spacial score (nSPS) is 11.1. The Balaban J connectivity index is 2.22. The van der Waals surface area contributed by atoms with Crippen LogP contribution in [-0.2, 0) is 14.1 Å². The first-order valence-electron chi connectivity index (χ1n) is 5.52. The average molecular weight is 291 g/mol. The molecule has 0 aliphatic rings. The van der Waals surface area contributed by atoms with E-state index < -0.39 is 5.97 Å². The van der Waals surface area contributed by atoms with E-state index in [4.69, 9.17) is 0 Å². The summed E-state index contributed by atoms with van der Waals surface area (Å²) in [6.45, 7) is 0. The molecule has 3 rings (SSSR count). The molecule has 9 nitrogen and oxygen atoms in total. The van der Waals surface area contributed by atoms with Crippen molar-refractivity contribution in [1.82, 2.24) is 35.0 Å². The van der Waals surface area contributed by atoms with Crippen molar-refractivity contribution in [2.24, 2.45) is 14.1 Å². The Hall–Kier alpha value is -2.49. The number of nitrogens with zero attached hydrogens (tertiary/aromatic N) is 7. The summed E-state index contributed by atoms with van der Waals surface area (Å²) in [7, 11) is 3.43. The van der Waals surface area contributed by atoms with Gasteiger partial charge < -0.3 is 5.11 Å². The number of tetrazole rings is 1. The first-order valence-corrected chi connectivity index (χ1v) is 6.34. The highest BCUT2D eigenvalue weighted by Gasteiger charge is 2.19. The molecule has 0 amide bonds. The molecule has 10 heteroatoms. The predicted molar refractivity (Wildman–Crippen MR) is 68.4 cm³/mol. The summed E-state index contributed by atoms with van der Waals surface area (Å²) in [6, 6.07) is 0. The zero-order valence-electron chi connectivity index (χ0n) is 10.5. The fourth-order valence-electron chi connectivity index (χ4n) is 1.74. The van der Waals surface area contributed by atoms with Gasteiger partial charge in [0, 0.05) is 25.2 Å². The van der Waals surface area contributed by atoms with Crippen molar-refractivity contribution in [3.05, 3.63) is 18.0 Å². The van der Waals surface area contributed by atoms with E-state index in [1.165, 1.54) is 22.6 Å². The molecule has 0 fully saturated rings. The van der Waals surface area contributed by atoms with Crippen molar-refractivity contribution in [3.8, 4) is 0 Å². The highest BCUT2D eigenvalue weighted by atomic mass is 32.2. The van der Waals surface area contributed by atoms with Crippen LogP contribution in [0.4, 0.5) is 0 Å². The molecule has 0 radical (unpaired) electrons. The van der Waals surface area contributed by atoms with Gasteiger partial charge >= 0.3 is 5.97 Å². The topological polar surface area (TPSA) is 112 Å². The van der Waals surface area contributed by atoms with Gasteiger partial charge in [0.25, 0.3) is 0 Å². The van der Waals surface area contributed by atoms with Crippen LogP contribution in [0.3, 0.4) is 0 Å². The maximum absolute atomic E-state index is 11.3. The van der Waals surface area contributed by atoms with E-state index in [-0.39, 0.29) is 5.56 Å². The third-order valence-corrected chi connectivity index (χ3v) is 3.89. The second-order valence-electron chi connectivity index (χ2n) is 4.00. The fourth-order valence-corrected chi connectivity index (χ4v) is 2.67. The lowest BCUT2D eigenvalue weighted by Gasteiger charge is -2.05. The van der Waals surface area contributed by atoms with Crippen LogP contribution in [0.2, 0.25) is 0 Å². The summed E-state index contributed by atoms with van der Waals surface area (Å²) in [6.07, 6.45) is 2.90. The van der Waals surface area contributed by atoms with Gasteiger partial charge in [-0.05, 0) is 22.2 Å². The molecule has 0 saturated carbocycles. The van der Waals surface area contributed by atoms with E-state index >= 15 is 0 Å². The van der Waals surface area contributed by atoms with Crippen LogP contribution in [0, 0.1) is 0 Å². The first kappa shape index (κ1) is 12.5. The number of hydrogen-bond donors (Lipinski definition) is 1. The second-order valence-corrected chi connectivity index (χ2v) is 4.98. The SMILES string of the molecule is Cn1nnnc1Sc1c(C(=O)O)cnc2c1cnn2C. The molecule has 0 unspecified atom stereocenters. The zero-order valence-corrected chi connectivity index (χ0v) is 11.4. The van der Waals surface area contributed by atoms with Gasteiger partial charge in [-0.25, -0.2) is 14.5 Å². The van der Waals surface area contributed by atoms with Crippen LogP contribution in [0.25, 0.3) is 11.0 Å². The standard InChI is InChI=1S/C10H9N7O2S/c1-16-8-5(4-12-16)7(6(3-11-8)9(18)19)20-10-13-14-15-17(10)2/h3-4H,1-2H3,(H,18,19). The first-order chi connectivity index (χ1) is 9.58. The Morgan fingerprint density at radius 1 is 1.30 bits per heavy atom. The molecule has 0 aliphatic heterocycles. The van der Waals surface area contributed by atoms with Gasteiger partial charge in [-0.15, -0.1) is 5.10 Å². The minimum Gasteiger partial charge on any atom is -0.478 e. The molecule has 0 aliphatic carbocycles. The van der Waals surface area contributed by atoms with Gasteiger partial charge in [-0.1, -0.05) is 0 Å². The number of carboxylic acid groups (broad SMARTS) is 1. The summed E-state index contributed by atoms with van der Waals surface area (Å²) in [4.78, 5) is 16.0. The van der Waals surface area contributed by atoms with Crippen LogP contribution in [-0.4, -0.2) is 46.0 Å². The minimum atomic E-state index is -1.05. The Bertz CT molecular complexity index is 809. The number of aromatic carboxylic acids is 1. The summed E-state index contributed by atoms with van der Waals surface area (Å²) in [5, 5.41) is 25.6. The number of rotatable bonds is 3. The number of hydrogen-bond acceptors (Lipinski definition) is 7. The van der Waals surface area contributed by atoms with Gasteiger partial charge in [0.1, 0.15) is 0 Å². The smallest absolute Gasteiger partial charge is 0.338 e. The van der Waals surface area contributed by atoms with Gasteiger partial charge in [-0.2, -0.15) is 5.10 Å². The van der Waals surface area contributed by atoms with Crippen molar-refractivity contribution in [3.63, 3.8) is 0 Å². The van der Waals surface area contributed by atoms with Crippen LogP contribution in [0.1, 0.15) is 10.4 Å². The number of aromatic nitrogens is 7.